The third kappa shape index (κ3) is 3.82. The smallest absolute Gasteiger partial charge is 0.130 e. The van der Waals surface area contributed by atoms with Crippen molar-refractivity contribution in [2.45, 2.75) is 33.4 Å². The molecule has 4 nitrogen and oxygen atoms in total. The van der Waals surface area contributed by atoms with E-state index in [1.807, 2.05) is 33.9 Å². The molecule has 5 heteroatoms. The fraction of sp³-hybridized carbons (Fsp3) is 0.438. The van der Waals surface area contributed by atoms with E-state index >= 15 is 0 Å². The lowest BCUT2D eigenvalue weighted by Crippen LogP contribution is -2.18. The zero-order valence-electron chi connectivity index (χ0n) is 13.0. The predicted molar refractivity (Wildman–Crippen MR) is 80.8 cm³/mol. The van der Waals surface area contributed by atoms with E-state index in [1.165, 1.54) is 12.1 Å². The maximum Gasteiger partial charge on any atom is 0.130 e. The van der Waals surface area contributed by atoms with Gasteiger partial charge in [-0.2, -0.15) is 5.10 Å². The van der Waals surface area contributed by atoms with Crippen molar-refractivity contribution in [3.05, 3.63) is 47.0 Å². The van der Waals surface area contributed by atoms with E-state index in [-0.39, 0.29) is 11.9 Å². The molecule has 0 saturated carbocycles. The molecule has 0 spiro atoms. The summed E-state index contributed by atoms with van der Waals surface area (Å²) >= 11 is 0. The van der Waals surface area contributed by atoms with Crippen LogP contribution in [0.15, 0.2) is 24.3 Å². The Balaban J connectivity index is 2.18. The highest BCUT2D eigenvalue weighted by Crippen LogP contribution is 2.27. The average molecular weight is 291 g/mol. The second kappa shape index (κ2) is 6.72. The Hall–Kier alpha value is -1.88. The second-order valence-electron chi connectivity index (χ2n) is 5.15. The van der Waals surface area contributed by atoms with Crippen molar-refractivity contribution >= 4 is 0 Å². The summed E-state index contributed by atoms with van der Waals surface area (Å²) in [7, 11) is 1.87. The number of aryl methyl sites for hydroxylation is 2. The first-order valence-electron chi connectivity index (χ1n) is 7.16. The first-order valence-corrected chi connectivity index (χ1v) is 7.16. The van der Waals surface area contributed by atoms with Gasteiger partial charge in [-0.3, -0.25) is 4.68 Å². The van der Waals surface area contributed by atoms with Gasteiger partial charge < -0.3 is 10.1 Å². The molecule has 1 N–H and O–H groups in total. The molecule has 0 fully saturated rings. The molecule has 0 amide bonds. The van der Waals surface area contributed by atoms with E-state index in [4.69, 9.17) is 4.74 Å². The number of aromatic nitrogens is 2. The van der Waals surface area contributed by atoms with Crippen LogP contribution in [-0.2, 0) is 13.7 Å². The second-order valence-corrected chi connectivity index (χ2v) is 5.15. The Kier molecular flexibility index (Phi) is 4.96. The van der Waals surface area contributed by atoms with Gasteiger partial charge in [0.25, 0.3) is 0 Å². The third-order valence-corrected chi connectivity index (χ3v) is 3.43. The van der Waals surface area contributed by atoms with E-state index < -0.39 is 0 Å². The van der Waals surface area contributed by atoms with Crippen molar-refractivity contribution < 1.29 is 9.13 Å². The van der Waals surface area contributed by atoms with Gasteiger partial charge in [0.2, 0.25) is 0 Å². The van der Waals surface area contributed by atoms with Crippen molar-refractivity contribution in [2.75, 3.05) is 6.54 Å². The number of ether oxygens (including phenoxy) is 1. The molecule has 2 rings (SSSR count). The molecule has 2 aromatic rings. The molecular formula is C16H22FN3O. The Morgan fingerprint density at radius 1 is 1.38 bits per heavy atom. The minimum absolute atomic E-state index is 0.110. The Morgan fingerprint density at radius 2 is 2.14 bits per heavy atom. The Morgan fingerprint density at radius 3 is 2.76 bits per heavy atom. The highest BCUT2D eigenvalue weighted by atomic mass is 19.1. The van der Waals surface area contributed by atoms with Crippen molar-refractivity contribution in [3.8, 4) is 5.75 Å². The van der Waals surface area contributed by atoms with Crippen LogP contribution in [0.1, 0.15) is 36.8 Å². The number of hydrogen-bond acceptors (Lipinski definition) is 3. The lowest BCUT2D eigenvalue weighted by molar-refractivity contribution is 0.287. The van der Waals surface area contributed by atoms with Crippen molar-refractivity contribution in [2.24, 2.45) is 7.05 Å². The lowest BCUT2D eigenvalue weighted by Gasteiger charge is -2.17. The third-order valence-electron chi connectivity index (χ3n) is 3.43. The quantitative estimate of drug-likeness (QED) is 0.889. The molecule has 1 unspecified atom stereocenters. The molecule has 114 valence electrons. The van der Waals surface area contributed by atoms with Crippen LogP contribution in [0, 0.1) is 12.7 Å². The first kappa shape index (κ1) is 15.5. The van der Waals surface area contributed by atoms with Gasteiger partial charge in [0.15, 0.2) is 0 Å². The van der Waals surface area contributed by atoms with Gasteiger partial charge in [-0.05, 0) is 32.5 Å². The fourth-order valence-corrected chi connectivity index (χ4v) is 2.36. The highest BCUT2D eigenvalue weighted by molar-refractivity contribution is 5.36. The van der Waals surface area contributed by atoms with Crippen LogP contribution in [0.4, 0.5) is 4.39 Å². The minimum atomic E-state index is -0.293. The zero-order valence-corrected chi connectivity index (χ0v) is 13.0. The molecule has 0 aliphatic rings. The maximum atomic E-state index is 13.5. The van der Waals surface area contributed by atoms with E-state index in [2.05, 4.69) is 10.4 Å². The average Bonchev–Trinajstić information content (AvgIpc) is 2.75. The summed E-state index contributed by atoms with van der Waals surface area (Å²) < 4.78 is 21.1. The molecule has 0 saturated heterocycles. The SMILES string of the molecule is CCNC(C)c1ccc(F)cc1OCc1cc(C)nn1C. The van der Waals surface area contributed by atoms with Crippen LogP contribution in [0.5, 0.6) is 5.75 Å². The summed E-state index contributed by atoms with van der Waals surface area (Å²) in [6.07, 6.45) is 0. The van der Waals surface area contributed by atoms with Crippen LogP contribution in [-0.4, -0.2) is 16.3 Å². The monoisotopic (exact) mass is 291 g/mol. The van der Waals surface area contributed by atoms with Gasteiger partial charge in [-0.15, -0.1) is 0 Å². The Labute approximate surface area is 124 Å². The maximum absolute atomic E-state index is 13.5. The molecule has 0 aliphatic heterocycles. The van der Waals surface area contributed by atoms with Crippen LogP contribution in [0.3, 0.4) is 0 Å². The molecule has 1 aromatic heterocycles. The van der Waals surface area contributed by atoms with Crippen LogP contribution < -0.4 is 10.1 Å². The zero-order chi connectivity index (χ0) is 15.4. The van der Waals surface area contributed by atoms with E-state index in [9.17, 15) is 4.39 Å². The number of nitrogens with zero attached hydrogens (tertiary/aromatic N) is 2. The van der Waals surface area contributed by atoms with Gasteiger partial charge in [-0.25, -0.2) is 4.39 Å². The van der Waals surface area contributed by atoms with Gasteiger partial charge >= 0.3 is 0 Å². The van der Waals surface area contributed by atoms with Crippen LogP contribution >= 0.6 is 0 Å². The summed E-state index contributed by atoms with van der Waals surface area (Å²) in [5.74, 6) is 0.279. The molecule has 0 bridgehead atoms. The highest BCUT2D eigenvalue weighted by Gasteiger charge is 2.13. The summed E-state index contributed by atoms with van der Waals surface area (Å²) in [5, 5.41) is 7.59. The summed E-state index contributed by atoms with van der Waals surface area (Å²) in [6.45, 7) is 7.23. The topological polar surface area (TPSA) is 39.1 Å². The van der Waals surface area contributed by atoms with E-state index in [1.54, 1.807) is 10.7 Å². The van der Waals surface area contributed by atoms with E-state index in [0.717, 1.165) is 23.5 Å². The number of nitrogens with one attached hydrogen (secondary N) is 1. The molecule has 1 atom stereocenters. The van der Waals surface area contributed by atoms with Gasteiger partial charge in [0.05, 0.1) is 11.4 Å². The minimum Gasteiger partial charge on any atom is -0.487 e. The van der Waals surface area contributed by atoms with Crippen molar-refractivity contribution in [3.63, 3.8) is 0 Å². The van der Waals surface area contributed by atoms with Crippen molar-refractivity contribution in [1.82, 2.24) is 15.1 Å². The molecule has 1 aromatic carbocycles. The summed E-state index contributed by atoms with van der Waals surface area (Å²) in [5.41, 5.74) is 2.85. The lowest BCUT2D eigenvalue weighted by atomic mass is 10.1. The molecular weight excluding hydrogens is 269 g/mol. The van der Waals surface area contributed by atoms with Gasteiger partial charge in [-0.1, -0.05) is 13.0 Å². The normalized spacial score (nSPS) is 12.4. The van der Waals surface area contributed by atoms with Gasteiger partial charge in [0, 0.05) is 24.7 Å². The predicted octanol–water partition coefficient (Wildman–Crippen LogP) is 3.12. The largest absolute Gasteiger partial charge is 0.487 e. The number of benzene rings is 1. The Bertz CT molecular complexity index is 610. The first-order chi connectivity index (χ1) is 10.0. The standard InChI is InChI=1S/C16H22FN3O/c1-5-18-12(3)15-7-6-13(17)9-16(15)21-10-14-8-11(2)19-20(14)4/h6-9,12,18H,5,10H2,1-4H3. The molecule has 0 aliphatic carbocycles. The van der Waals surface area contributed by atoms with Crippen LogP contribution in [0.25, 0.3) is 0 Å². The van der Waals surface area contributed by atoms with Gasteiger partial charge in [0.1, 0.15) is 18.2 Å². The molecule has 21 heavy (non-hydrogen) atoms. The number of hydrogen-bond donors (Lipinski definition) is 1. The fourth-order valence-electron chi connectivity index (χ4n) is 2.36. The number of rotatable bonds is 6. The molecule has 0 radical (unpaired) electrons. The number of halogens is 1. The van der Waals surface area contributed by atoms with Crippen LogP contribution in [0.2, 0.25) is 0 Å². The summed E-state index contributed by atoms with van der Waals surface area (Å²) in [4.78, 5) is 0. The van der Waals surface area contributed by atoms with E-state index in [0.29, 0.717) is 12.4 Å². The summed E-state index contributed by atoms with van der Waals surface area (Å²) in [6, 6.07) is 6.74. The molecule has 1 heterocycles. The van der Waals surface area contributed by atoms with Crippen molar-refractivity contribution in [1.29, 1.82) is 0 Å².